The van der Waals surface area contributed by atoms with Crippen LogP contribution in [0.2, 0.25) is 0 Å². The van der Waals surface area contributed by atoms with Crippen molar-refractivity contribution < 1.29 is 17.9 Å². The monoisotopic (exact) mass is 427 g/mol. The van der Waals surface area contributed by atoms with E-state index in [0.717, 1.165) is 5.69 Å². The summed E-state index contributed by atoms with van der Waals surface area (Å²) in [5.74, 6) is 0.373. The quantitative estimate of drug-likeness (QED) is 0.639. The zero-order valence-electron chi connectivity index (χ0n) is 16.3. The highest BCUT2D eigenvalue weighted by molar-refractivity contribution is 7.91. The van der Waals surface area contributed by atoms with Gasteiger partial charge in [-0.3, -0.25) is 9.89 Å². The number of ether oxygens (including phenoxy) is 1. The molecule has 1 aliphatic rings. The van der Waals surface area contributed by atoms with Crippen molar-refractivity contribution in [2.45, 2.75) is 0 Å². The molecule has 10 heteroatoms. The van der Waals surface area contributed by atoms with E-state index in [9.17, 15) is 13.2 Å². The number of carbonyl (C=O) groups excluding carboxylic acids is 1. The molecule has 0 atom stereocenters. The van der Waals surface area contributed by atoms with Crippen molar-refractivity contribution >= 4 is 27.1 Å². The third kappa shape index (κ3) is 4.28. The molecule has 4 rings (SSSR count). The van der Waals surface area contributed by atoms with Crippen LogP contribution in [-0.4, -0.2) is 61.2 Å². The lowest BCUT2D eigenvalue weighted by Gasteiger charge is -2.29. The number of aromatic amines is 1. The Bertz CT molecular complexity index is 1150. The highest BCUT2D eigenvalue weighted by Crippen LogP contribution is 2.31. The van der Waals surface area contributed by atoms with Gasteiger partial charge in [0.05, 0.1) is 30.0 Å². The third-order valence-corrected chi connectivity index (χ3v) is 6.50. The van der Waals surface area contributed by atoms with Crippen molar-refractivity contribution in [3.05, 3.63) is 54.4 Å². The van der Waals surface area contributed by atoms with Crippen molar-refractivity contribution in [3.8, 4) is 17.1 Å². The summed E-state index contributed by atoms with van der Waals surface area (Å²) >= 11 is 0. The van der Waals surface area contributed by atoms with Crippen LogP contribution in [0.15, 0.2) is 48.7 Å². The number of amides is 1. The van der Waals surface area contributed by atoms with Gasteiger partial charge in [-0.25, -0.2) is 13.4 Å². The van der Waals surface area contributed by atoms with Gasteiger partial charge in [0.1, 0.15) is 17.1 Å². The summed E-state index contributed by atoms with van der Waals surface area (Å²) in [6.07, 6.45) is 1.69. The standard InChI is InChI=1S/C20H21N5O4S/c1-29-19-13-14(25-9-11-30(27,28)12-10-25)5-6-17(19)23-20(26)18-4-2-3-15(22-18)16-7-8-21-24-16/h2-8,13H,9-12H2,1H3,(H,21,24)(H,23,26). The van der Waals surface area contributed by atoms with Gasteiger partial charge in [-0.05, 0) is 30.3 Å². The summed E-state index contributed by atoms with van der Waals surface area (Å²) in [5.41, 5.74) is 2.84. The minimum absolute atomic E-state index is 0.131. The fourth-order valence-electron chi connectivity index (χ4n) is 3.24. The molecule has 156 valence electrons. The second-order valence-electron chi connectivity index (χ2n) is 6.85. The number of nitrogens with one attached hydrogen (secondary N) is 2. The van der Waals surface area contributed by atoms with Gasteiger partial charge in [0.25, 0.3) is 5.91 Å². The number of anilines is 2. The maximum absolute atomic E-state index is 12.7. The third-order valence-electron chi connectivity index (χ3n) is 4.89. The molecular formula is C20H21N5O4S. The minimum Gasteiger partial charge on any atom is -0.494 e. The number of rotatable bonds is 5. The molecule has 9 nitrogen and oxygen atoms in total. The molecule has 0 saturated carbocycles. The number of pyridine rings is 1. The second kappa shape index (κ2) is 8.15. The topological polar surface area (TPSA) is 117 Å². The number of nitrogens with zero attached hydrogens (tertiary/aromatic N) is 3. The van der Waals surface area contributed by atoms with Crippen LogP contribution < -0.4 is 15.0 Å². The van der Waals surface area contributed by atoms with E-state index in [1.165, 1.54) is 7.11 Å². The molecule has 0 aliphatic carbocycles. The van der Waals surface area contributed by atoms with E-state index in [0.29, 0.717) is 35.9 Å². The molecule has 1 fully saturated rings. The van der Waals surface area contributed by atoms with E-state index in [1.807, 2.05) is 11.0 Å². The Hall–Kier alpha value is -3.40. The Labute approximate surface area is 174 Å². The number of hydrogen-bond acceptors (Lipinski definition) is 7. The number of aromatic nitrogens is 3. The van der Waals surface area contributed by atoms with E-state index in [1.54, 1.807) is 42.6 Å². The summed E-state index contributed by atoms with van der Waals surface area (Å²) in [4.78, 5) is 19.1. The number of methoxy groups -OCH3 is 1. The van der Waals surface area contributed by atoms with E-state index in [-0.39, 0.29) is 23.1 Å². The molecule has 2 aromatic heterocycles. The normalized spacial score (nSPS) is 15.6. The molecule has 1 amide bonds. The number of carbonyl (C=O) groups is 1. The molecule has 0 bridgehead atoms. The first-order valence-electron chi connectivity index (χ1n) is 9.37. The average Bonchev–Trinajstić information content (AvgIpc) is 3.29. The summed E-state index contributed by atoms with van der Waals surface area (Å²) in [6.45, 7) is 0.863. The number of sulfone groups is 1. The van der Waals surface area contributed by atoms with Gasteiger partial charge in [-0.1, -0.05) is 6.07 Å². The van der Waals surface area contributed by atoms with Crippen molar-refractivity contribution in [1.82, 2.24) is 15.2 Å². The molecule has 0 radical (unpaired) electrons. The number of benzene rings is 1. The predicted octanol–water partition coefficient (Wildman–Crippen LogP) is 1.97. The first-order chi connectivity index (χ1) is 14.4. The number of H-pyrrole nitrogens is 1. The molecule has 30 heavy (non-hydrogen) atoms. The fraction of sp³-hybridized carbons (Fsp3) is 0.250. The van der Waals surface area contributed by atoms with Gasteiger partial charge >= 0.3 is 0 Å². The lowest BCUT2D eigenvalue weighted by molar-refractivity contribution is 0.102. The van der Waals surface area contributed by atoms with E-state index < -0.39 is 9.84 Å². The average molecular weight is 427 g/mol. The highest BCUT2D eigenvalue weighted by atomic mass is 32.2. The van der Waals surface area contributed by atoms with Crippen LogP contribution in [0.3, 0.4) is 0 Å². The van der Waals surface area contributed by atoms with Crippen LogP contribution in [-0.2, 0) is 9.84 Å². The Morgan fingerprint density at radius 3 is 2.63 bits per heavy atom. The summed E-state index contributed by atoms with van der Waals surface area (Å²) < 4.78 is 28.7. The molecule has 0 spiro atoms. The van der Waals surface area contributed by atoms with Crippen LogP contribution in [0.25, 0.3) is 11.4 Å². The molecule has 0 unspecified atom stereocenters. The molecule has 1 aromatic carbocycles. The first-order valence-corrected chi connectivity index (χ1v) is 11.2. The Kier molecular flexibility index (Phi) is 5.40. The summed E-state index contributed by atoms with van der Waals surface area (Å²) in [5, 5.41) is 9.63. The van der Waals surface area contributed by atoms with Crippen LogP contribution in [0.5, 0.6) is 5.75 Å². The largest absolute Gasteiger partial charge is 0.494 e. The lowest BCUT2D eigenvalue weighted by atomic mass is 10.2. The Balaban J connectivity index is 1.52. The molecule has 2 N–H and O–H groups in total. The molecule has 3 aromatic rings. The maximum Gasteiger partial charge on any atom is 0.274 e. The Morgan fingerprint density at radius 1 is 1.13 bits per heavy atom. The van der Waals surface area contributed by atoms with Gasteiger partial charge in [-0.15, -0.1) is 0 Å². The fourth-order valence-corrected chi connectivity index (χ4v) is 4.44. The first kappa shape index (κ1) is 19.9. The van der Waals surface area contributed by atoms with Gasteiger partial charge in [0, 0.05) is 31.0 Å². The van der Waals surface area contributed by atoms with Crippen molar-refractivity contribution in [1.29, 1.82) is 0 Å². The van der Waals surface area contributed by atoms with Crippen molar-refractivity contribution in [2.75, 3.05) is 41.9 Å². The summed E-state index contributed by atoms with van der Waals surface area (Å²) in [7, 11) is -1.44. The predicted molar refractivity (Wildman–Crippen MR) is 114 cm³/mol. The van der Waals surface area contributed by atoms with Gasteiger partial charge < -0.3 is 15.0 Å². The van der Waals surface area contributed by atoms with Crippen LogP contribution in [0.4, 0.5) is 11.4 Å². The molecular weight excluding hydrogens is 406 g/mol. The van der Waals surface area contributed by atoms with E-state index in [2.05, 4.69) is 20.5 Å². The van der Waals surface area contributed by atoms with Gasteiger partial charge in [0.15, 0.2) is 9.84 Å². The van der Waals surface area contributed by atoms with Crippen molar-refractivity contribution in [2.24, 2.45) is 0 Å². The smallest absolute Gasteiger partial charge is 0.274 e. The van der Waals surface area contributed by atoms with Gasteiger partial charge in [-0.2, -0.15) is 5.10 Å². The lowest BCUT2D eigenvalue weighted by Crippen LogP contribution is -2.40. The van der Waals surface area contributed by atoms with Crippen LogP contribution in [0, 0.1) is 0 Å². The molecule has 3 heterocycles. The summed E-state index contributed by atoms with van der Waals surface area (Å²) in [6, 6.07) is 12.3. The zero-order valence-corrected chi connectivity index (χ0v) is 17.1. The molecule has 1 saturated heterocycles. The van der Waals surface area contributed by atoms with Crippen LogP contribution in [0.1, 0.15) is 10.5 Å². The van der Waals surface area contributed by atoms with Crippen LogP contribution >= 0.6 is 0 Å². The minimum atomic E-state index is -2.96. The van der Waals surface area contributed by atoms with E-state index >= 15 is 0 Å². The SMILES string of the molecule is COc1cc(N2CCS(=O)(=O)CC2)ccc1NC(=O)c1cccc(-c2cc[nH]n2)n1. The van der Waals surface area contributed by atoms with Gasteiger partial charge in [0.2, 0.25) is 0 Å². The molecule has 1 aliphatic heterocycles. The zero-order chi connectivity index (χ0) is 21.1. The van der Waals surface area contributed by atoms with Crippen molar-refractivity contribution in [3.63, 3.8) is 0 Å². The van der Waals surface area contributed by atoms with E-state index in [4.69, 9.17) is 4.74 Å². The number of hydrogen-bond donors (Lipinski definition) is 2. The Morgan fingerprint density at radius 2 is 1.93 bits per heavy atom. The highest BCUT2D eigenvalue weighted by Gasteiger charge is 2.22. The second-order valence-corrected chi connectivity index (χ2v) is 9.15. The maximum atomic E-state index is 12.7.